The van der Waals surface area contributed by atoms with Crippen molar-refractivity contribution in [3.8, 4) is 0 Å². The van der Waals surface area contributed by atoms with Crippen LogP contribution in [0.4, 0.5) is 11.4 Å². The van der Waals surface area contributed by atoms with Gasteiger partial charge in [-0.1, -0.05) is 6.07 Å². The molecule has 8 heteroatoms. The Labute approximate surface area is 144 Å². The van der Waals surface area contributed by atoms with Crippen molar-refractivity contribution in [1.82, 2.24) is 0 Å². The molecule has 2 fully saturated rings. The lowest BCUT2D eigenvalue weighted by Gasteiger charge is -2.43. The summed E-state index contributed by atoms with van der Waals surface area (Å²) >= 11 is 0. The molecule has 0 bridgehead atoms. The SMILES string of the molecule is CC1(C)C[C@@]2(CCO1)OC(=O)C[C@H]2C(=O)Nc1cccc([N+](=O)[O-])c1. The molecular formula is C17H20N2O6. The molecule has 1 N–H and O–H groups in total. The third-order valence-corrected chi connectivity index (χ3v) is 4.71. The molecule has 0 aromatic heterocycles. The largest absolute Gasteiger partial charge is 0.458 e. The van der Waals surface area contributed by atoms with Gasteiger partial charge in [-0.25, -0.2) is 0 Å². The van der Waals surface area contributed by atoms with Gasteiger partial charge in [-0.05, 0) is 19.9 Å². The van der Waals surface area contributed by atoms with Crippen LogP contribution in [0.15, 0.2) is 24.3 Å². The summed E-state index contributed by atoms with van der Waals surface area (Å²) in [6, 6.07) is 5.71. The molecule has 2 saturated heterocycles. The second-order valence-corrected chi connectivity index (χ2v) is 7.13. The number of ether oxygens (including phenoxy) is 2. The molecule has 2 aliphatic heterocycles. The first kappa shape index (κ1) is 17.3. The van der Waals surface area contributed by atoms with Crippen LogP contribution >= 0.6 is 0 Å². The smallest absolute Gasteiger partial charge is 0.307 e. The molecule has 0 unspecified atom stereocenters. The number of rotatable bonds is 3. The average molecular weight is 348 g/mol. The number of benzene rings is 1. The summed E-state index contributed by atoms with van der Waals surface area (Å²) in [6.07, 6.45) is 0.880. The van der Waals surface area contributed by atoms with Crippen molar-refractivity contribution in [3.63, 3.8) is 0 Å². The van der Waals surface area contributed by atoms with Crippen molar-refractivity contribution < 1.29 is 24.0 Å². The quantitative estimate of drug-likeness (QED) is 0.510. The molecule has 1 aromatic rings. The third-order valence-electron chi connectivity index (χ3n) is 4.71. The first-order valence-corrected chi connectivity index (χ1v) is 8.12. The van der Waals surface area contributed by atoms with Gasteiger partial charge in [0.05, 0.1) is 29.5 Å². The Morgan fingerprint density at radius 1 is 1.40 bits per heavy atom. The van der Waals surface area contributed by atoms with Crippen LogP contribution in [-0.4, -0.2) is 34.6 Å². The molecule has 2 heterocycles. The van der Waals surface area contributed by atoms with Crippen molar-refractivity contribution in [2.75, 3.05) is 11.9 Å². The third kappa shape index (κ3) is 3.48. The van der Waals surface area contributed by atoms with E-state index in [0.29, 0.717) is 25.1 Å². The second kappa shape index (κ2) is 6.11. The molecule has 2 atom stereocenters. The van der Waals surface area contributed by atoms with Crippen molar-refractivity contribution in [1.29, 1.82) is 0 Å². The summed E-state index contributed by atoms with van der Waals surface area (Å²) in [6.45, 7) is 4.20. The van der Waals surface area contributed by atoms with Gasteiger partial charge in [-0.3, -0.25) is 19.7 Å². The summed E-state index contributed by atoms with van der Waals surface area (Å²) < 4.78 is 11.2. The first-order chi connectivity index (χ1) is 11.7. The predicted molar refractivity (Wildman–Crippen MR) is 87.9 cm³/mol. The monoisotopic (exact) mass is 348 g/mol. The predicted octanol–water partition coefficient (Wildman–Crippen LogP) is 2.42. The number of non-ortho nitro benzene ring substituents is 1. The maximum absolute atomic E-state index is 12.8. The molecule has 0 saturated carbocycles. The van der Waals surface area contributed by atoms with Gasteiger partial charge in [-0.2, -0.15) is 0 Å². The van der Waals surface area contributed by atoms with Gasteiger partial charge in [0.1, 0.15) is 5.60 Å². The van der Waals surface area contributed by atoms with Crippen LogP contribution in [0.1, 0.15) is 33.1 Å². The molecule has 1 aromatic carbocycles. The minimum Gasteiger partial charge on any atom is -0.458 e. The molecule has 0 radical (unpaired) electrons. The fraction of sp³-hybridized carbons (Fsp3) is 0.529. The fourth-order valence-corrected chi connectivity index (χ4v) is 3.70. The Hall–Kier alpha value is -2.48. The zero-order valence-corrected chi connectivity index (χ0v) is 14.1. The van der Waals surface area contributed by atoms with E-state index in [1.54, 1.807) is 6.07 Å². The highest BCUT2D eigenvalue weighted by Gasteiger charge is 2.56. The lowest BCUT2D eigenvalue weighted by atomic mass is 9.75. The number of amides is 1. The molecule has 2 aliphatic rings. The Kier molecular flexibility index (Phi) is 4.24. The van der Waals surface area contributed by atoms with Crippen LogP contribution in [0.25, 0.3) is 0 Å². The number of hydrogen-bond donors (Lipinski definition) is 1. The summed E-state index contributed by atoms with van der Waals surface area (Å²) in [5, 5.41) is 13.5. The van der Waals surface area contributed by atoms with Crippen LogP contribution in [0.2, 0.25) is 0 Å². The number of nitro groups is 1. The molecular weight excluding hydrogens is 328 g/mol. The number of carbonyl (C=O) groups is 2. The molecule has 1 spiro atoms. The van der Waals surface area contributed by atoms with Gasteiger partial charge < -0.3 is 14.8 Å². The molecule has 25 heavy (non-hydrogen) atoms. The number of nitro benzene ring substituents is 1. The molecule has 8 nitrogen and oxygen atoms in total. The topological polar surface area (TPSA) is 108 Å². The van der Waals surface area contributed by atoms with Crippen molar-refractivity contribution >= 4 is 23.3 Å². The van der Waals surface area contributed by atoms with Gasteiger partial charge >= 0.3 is 5.97 Å². The Morgan fingerprint density at radius 3 is 2.84 bits per heavy atom. The van der Waals surface area contributed by atoms with Crippen molar-refractivity contribution in [2.45, 2.75) is 44.3 Å². The number of carbonyl (C=O) groups excluding carboxylic acids is 2. The highest BCUT2D eigenvalue weighted by Crippen LogP contribution is 2.46. The van der Waals surface area contributed by atoms with E-state index in [4.69, 9.17) is 9.47 Å². The number of esters is 1. The van der Waals surface area contributed by atoms with E-state index in [0.717, 1.165) is 0 Å². The number of nitrogens with zero attached hydrogens (tertiary/aromatic N) is 1. The summed E-state index contributed by atoms with van der Waals surface area (Å²) in [4.78, 5) is 35.0. The van der Waals surface area contributed by atoms with E-state index < -0.39 is 28.0 Å². The molecule has 3 rings (SSSR count). The van der Waals surface area contributed by atoms with Gasteiger partial charge in [0.2, 0.25) is 5.91 Å². The van der Waals surface area contributed by atoms with Crippen molar-refractivity contribution in [2.24, 2.45) is 5.92 Å². The zero-order valence-electron chi connectivity index (χ0n) is 14.1. The molecule has 134 valence electrons. The standard InChI is InChI=1S/C17H20N2O6/c1-16(2)10-17(6-7-24-16)13(9-14(20)25-17)15(21)18-11-4-3-5-12(8-11)19(22)23/h3-5,8,13H,6-7,9-10H2,1-2H3,(H,18,21)/t13-,17+/m0/s1. The van der Waals surface area contributed by atoms with Gasteiger partial charge in [0.15, 0.2) is 0 Å². The lowest BCUT2D eigenvalue weighted by Crippen LogP contribution is -2.52. The summed E-state index contributed by atoms with van der Waals surface area (Å²) in [7, 11) is 0. The maximum Gasteiger partial charge on any atom is 0.307 e. The number of anilines is 1. The van der Waals surface area contributed by atoms with E-state index in [2.05, 4.69) is 5.32 Å². The average Bonchev–Trinajstić information content (AvgIpc) is 2.81. The van der Waals surface area contributed by atoms with Crippen molar-refractivity contribution in [3.05, 3.63) is 34.4 Å². The van der Waals surface area contributed by atoms with Crippen LogP contribution in [-0.2, 0) is 19.1 Å². The Balaban J connectivity index is 1.81. The van der Waals surface area contributed by atoms with E-state index in [1.165, 1.54) is 18.2 Å². The van der Waals surface area contributed by atoms with Gasteiger partial charge in [0.25, 0.3) is 5.69 Å². The fourth-order valence-electron chi connectivity index (χ4n) is 3.70. The molecule has 1 amide bonds. The summed E-state index contributed by atoms with van der Waals surface area (Å²) in [5.74, 6) is -1.43. The van der Waals surface area contributed by atoms with Crippen LogP contribution in [0, 0.1) is 16.0 Å². The number of nitrogens with one attached hydrogen (secondary N) is 1. The first-order valence-electron chi connectivity index (χ1n) is 8.12. The molecule has 0 aliphatic carbocycles. The Bertz CT molecular complexity index is 732. The zero-order chi connectivity index (χ0) is 18.2. The Morgan fingerprint density at radius 2 is 2.16 bits per heavy atom. The van der Waals surface area contributed by atoms with E-state index in [-0.39, 0.29) is 18.0 Å². The second-order valence-electron chi connectivity index (χ2n) is 7.13. The maximum atomic E-state index is 12.8. The van der Waals surface area contributed by atoms with Gasteiger partial charge in [-0.15, -0.1) is 0 Å². The highest BCUT2D eigenvalue weighted by atomic mass is 16.6. The van der Waals surface area contributed by atoms with E-state index in [1.807, 2.05) is 13.8 Å². The van der Waals surface area contributed by atoms with E-state index in [9.17, 15) is 19.7 Å². The normalized spacial score (nSPS) is 27.8. The highest BCUT2D eigenvalue weighted by molar-refractivity contribution is 5.97. The minimum atomic E-state index is -0.885. The minimum absolute atomic E-state index is 0.00313. The summed E-state index contributed by atoms with van der Waals surface area (Å²) in [5.41, 5.74) is -1.17. The van der Waals surface area contributed by atoms with E-state index >= 15 is 0 Å². The van der Waals surface area contributed by atoms with Crippen LogP contribution in [0.5, 0.6) is 0 Å². The number of hydrogen-bond acceptors (Lipinski definition) is 6. The van der Waals surface area contributed by atoms with Crippen LogP contribution in [0.3, 0.4) is 0 Å². The van der Waals surface area contributed by atoms with Gasteiger partial charge in [0, 0.05) is 30.7 Å². The van der Waals surface area contributed by atoms with Crippen LogP contribution < -0.4 is 5.32 Å². The lowest BCUT2D eigenvalue weighted by molar-refractivity contribution is -0.384.